The molecule has 0 aromatic heterocycles. The van der Waals surface area contributed by atoms with E-state index in [0.29, 0.717) is 12.3 Å². The van der Waals surface area contributed by atoms with Gasteiger partial charge in [-0.3, -0.25) is 4.79 Å². The third-order valence-electron chi connectivity index (χ3n) is 8.57. The van der Waals surface area contributed by atoms with Crippen molar-refractivity contribution in [2.75, 3.05) is 7.11 Å². The number of hydrogen-bond acceptors (Lipinski definition) is 3. The Balaban J connectivity index is 2.21. The summed E-state index contributed by atoms with van der Waals surface area (Å²) in [6.45, 7) is 12.6. The van der Waals surface area contributed by atoms with Gasteiger partial charge >= 0.3 is 0 Å². The van der Waals surface area contributed by atoms with Crippen LogP contribution in [0.1, 0.15) is 59.8 Å². The molecule has 8 atom stereocenters. The molecule has 3 aliphatic carbocycles. The largest absolute Gasteiger partial charge is 0.392 e. The van der Waals surface area contributed by atoms with E-state index >= 15 is 0 Å². The molecule has 0 aliphatic heterocycles. The molecule has 0 heterocycles. The highest BCUT2D eigenvalue weighted by molar-refractivity contribution is 5.89. The molecule has 24 heavy (non-hydrogen) atoms. The van der Waals surface area contributed by atoms with Gasteiger partial charge in [0.2, 0.25) is 0 Å². The number of Topliss-reactive ketones (excluding diaryl/α,β-unsaturated/α-hetero) is 1. The fourth-order valence-electron chi connectivity index (χ4n) is 6.66. The minimum Gasteiger partial charge on any atom is -0.392 e. The predicted octanol–water partition coefficient (Wildman–Crippen LogP) is 4.00. The molecule has 4 unspecified atom stereocenters. The number of carbonyl (C=O) groups is 1. The van der Waals surface area contributed by atoms with Crippen LogP contribution < -0.4 is 0 Å². The molecule has 3 saturated carbocycles. The van der Waals surface area contributed by atoms with Gasteiger partial charge in [-0.05, 0) is 56.3 Å². The highest BCUT2D eigenvalue weighted by atomic mass is 16.5. The summed E-state index contributed by atoms with van der Waals surface area (Å²) >= 11 is 0. The van der Waals surface area contributed by atoms with Gasteiger partial charge in [0, 0.05) is 23.9 Å². The molecule has 0 spiro atoms. The van der Waals surface area contributed by atoms with Gasteiger partial charge in [-0.2, -0.15) is 0 Å². The zero-order valence-electron chi connectivity index (χ0n) is 16.0. The molecule has 0 aromatic carbocycles. The van der Waals surface area contributed by atoms with E-state index in [4.69, 9.17) is 4.74 Å². The van der Waals surface area contributed by atoms with Gasteiger partial charge in [-0.25, -0.2) is 0 Å². The van der Waals surface area contributed by atoms with Gasteiger partial charge in [-0.15, -0.1) is 6.58 Å². The van der Waals surface area contributed by atoms with Crippen LogP contribution in [-0.4, -0.2) is 30.2 Å². The number of rotatable bonds is 2. The first kappa shape index (κ1) is 18.1. The van der Waals surface area contributed by atoms with Gasteiger partial charge < -0.3 is 9.84 Å². The minimum atomic E-state index is -0.639. The van der Waals surface area contributed by atoms with Crippen LogP contribution in [0, 0.1) is 34.0 Å². The Morgan fingerprint density at radius 3 is 2.46 bits per heavy atom. The highest BCUT2D eigenvalue weighted by Gasteiger charge is 2.67. The molecular formula is C21H34O3. The summed E-state index contributed by atoms with van der Waals surface area (Å²) in [5, 5.41) is 11.3. The van der Waals surface area contributed by atoms with Crippen molar-refractivity contribution in [2.24, 2.45) is 34.0 Å². The van der Waals surface area contributed by atoms with Crippen molar-refractivity contribution >= 4 is 5.78 Å². The highest BCUT2D eigenvalue weighted by Crippen LogP contribution is 2.68. The van der Waals surface area contributed by atoms with Crippen molar-refractivity contribution in [3.8, 4) is 0 Å². The van der Waals surface area contributed by atoms with Crippen molar-refractivity contribution in [1.29, 1.82) is 0 Å². The van der Waals surface area contributed by atoms with Crippen LogP contribution >= 0.6 is 0 Å². The Hall–Kier alpha value is -0.670. The molecule has 2 bridgehead atoms. The summed E-state index contributed by atoms with van der Waals surface area (Å²) in [7, 11) is 1.79. The maximum absolute atomic E-state index is 13.4. The Labute approximate surface area is 146 Å². The van der Waals surface area contributed by atoms with Crippen LogP contribution in [0.25, 0.3) is 0 Å². The van der Waals surface area contributed by atoms with Gasteiger partial charge in [0.1, 0.15) is 5.78 Å². The van der Waals surface area contributed by atoms with E-state index in [2.05, 4.69) is 27.4 Å². The topological polar surface area (TPSA) is 46.5 Å². The third-order valence-corrected chi connectivity index (χ3v) is 8.57. The van der Waals surface area contributed by atoms with Crippen LogP contribution in [-0.2, 0) is 9.53 Å². The van der Waals surface area contributed by atoms with Crippen molar-refractivity contribution in [2.45, 2.75) is 72.0 Å². The van der Waals surface area contributed by atoms with Gasteiger partial charge in [0.15, 0.2) is 0 Å². The molecule has 3 rings (SSSR count). The van der Waals surface area contributed by atoms with Gasteiger partial charge in [0.05, 0.1) is 12.2 Å². The molecule has 0 radical (unpaired) electrons. The Bertz CT molecular complexity index is 543. The minimum absolute atomic E-state index is 0.00928. The van der Waals surface area contributed by atoms with E-state index in [0.717, 1.165) is 25.7 Å². The number of hydrogen-bond donors (Lipinski definition) is 1. The quantitative estimate of drug-likeness (QED) is 0.777. The first-order valence-corrected chi connectivity index (χ1v) is 9.56. The lowest BCUT2D eigenvalue weighted by Crippen LogP contribution is -2.62. The number of ketones is 1. The van der Waals surface area contributed by atoms with Crippen LogP contribution in [0.5, 0.6) is 0 Å². The van der Waals surface area contributed by atoms with E-state index in [-0.39, 0.29) is 34.6 Å². The molecule has 0 saturated heterocycles. The van der Waals surface area contributed by atoms with E-state index in [1.54, 1.807) is 13.2 Å². The summed E-state index contributed by atoms with van der Waals surface area (Å²) in [6, 6.07) is 0. The lowest BCUT2D eigenvalue weighted by molar-refractivity contribution is -0.188. The second-order valence-corrected chi connectivity index (χ2v) is 9.26. The number of aliphatic hydroxyl groups is 1. The maximum atomic E-state index is 13.4. The Morgan fingerprint density at radius 1 is 1.25 bits per heavy atom. The van der Waals surface area contributed by atoms with Crippen LogP contribution in [0.15, 0.2) is 12.7 Å². The molecule has 3 fully saturated rings. The van der Waals surface area contributed by atoms with Crippen LogP contribution in [0.3, 0.4) is 0 Å². The Kier molecular flexibility index (Phi) is 4.28. The Morgan fingerprint density at radius 2 is 1.88 bits per heavy atom. The summed E-state index contributed by atoms with van der Waals surface area (Å²) in [6.07, 6.45) is 6.08. The zero-order valence-corrected chi connectivity index (χ0v) is 16.0. The average Bonchev–Trinajstić information content (AvgIpc) is 2.96. The maximum Gasteiger partial charge on any atom is 0.145 e. The van der Waals surface area contributed by atoms with Crippen LogP contribution in [0.4, 0.5) is 0 Å². The fourth-order valence-corrected chi connectivity index (χ4v) is 6.66. The third kappa shape index (κ3) is 2.07. The first-order valence-electron chi connectivity index (χ1n) is 9.56. The van der Waals surface area contributed by atoms with Crippen molar-refractivity contribution in [3.63, 3.8) is 0 Å². The van der Waals surface area contributed by atoms with E-state index < -0.39 is 11.5 Å². The SMILES string of the molecule is C=C[C@]1(C)CC(O)[C@]2(C)C(C)CC[C@]3(CCC(OC)C23)[C@@H](C)C1=O. The normalized spacial score (nSPS) is 54.8. The molecule has 3 heteroatoms. The number of methoxy groups -OCH3 is 1. The second-order valence-electron chi connectivity index (χ2n) is 9.26. The van der Waals surface area contributed by atoms with Crippen molar-refractivity contribution in [1.82, 2.24) is 0 Å². The van der Waals surface area contributed by atoms with E-state index in [1.807, 2.05) is 6.92 Å². The van der Waals surface area contributed by atoms with Gasteiger partial charge in [-0.1, -0.05) is 26.8 Å². The van der Waals surface area contributed by atoms with E-state index in [9.17, 15) is 9.90 Å². The molecule has 0 aromatic rings. The second kappa shape index (κ2) is 5.67. The molecule has 3 aliphatic rings. The lowest BCUT2D eigenvalue weighted by atomic mass is 9.44. The number of allylic oxidation sites excluding steroid dienone is 1. The molecule has 0 amide bonds. The summed E-state index contributed by atoms with van der Waals surface area (Å²) in [5.74, 6) is 0.929. The number of aliphatic hydroxyl groups excluding tert-OH is 1. The van der Waals surface area contributed by atoms with Crippen molar-refractivity contribution in [3.05, 3.63) is 12.7 Å². The lowest BCUT2D eigenvalue weighted by Gasteiger charge is -2.61. The first-order chi connectivity index (χ1) is 11.2. The average molecular weight is 334 g/mol. The fraction of sp³-hybridized carbons (Fsp3) is 0.857. The van der Waals surface area contributed by atoms with E-state index in [1.165, 1.54) is 0 Å². The standard InChI is InChI=1S/C21H34O3/c1-7-19(4)12-16(22)20(5)13(2)8-10-21(14(3)18(19)23)11-9-15(24-6)17(20)21/h7,13-17,22H,1,8-12H2,2-6H3/t13?,14-,15?,16?,17?,19+,20-,21-/m0/s1. The molecule has 136 valence electrons. The zero-order chi connectivity index (χ0) is 17.9. The molecule has 3 nitrogen and oxygen atoms in total. The number of ether oxygens (including phenoxy) is 1. The monoisotopic (exact) mass is 334 g/mol. The summed E-state index contributed by atoms with van der Waals surface area (Å²) in [4.78, 5) is 13.4. The molecule has 1 N–H and O–H groups in total. The smallest absolute Gasteiger partial charge is 0.145 e. The predicted molar refractivity (Wildman–Crippen MR) is 95.6 cm³/mol. The molecular weight excluding hydrogens is 300 g/mol. The summed E-state index contributed by atoms with van der Waals surface area (Å²) in [5.41, 5.74) is -0.889. The number of carbonyl (C=O) groups excluding carboxylic acids is 1. The van der Waals surface area contributed by atoms with Gasteiger partial charge in [0.25, 0.3) is 0 Å². The summed E-state index contributed by atoms with van der Waals surface area (Å²) < 4.78 is 5.89. The van der Waals surface area contributed by atoms with Crippen molar-refractivity contribution < 1.29 is 14.6 Å². The van der Waals surface area contributed by atoms with Crippen LogP contribution in [0.2, 0.25) is 0 Å².